The van der Waals surface area contributed by atoms with Crippen LogP contribution >= 0.6 is 11.8 Å². The normalized spacial score (nSPS) is 24.4. The lowest BCUT2D eigenvalue weighted by Crippen LogP contribution is -2.37. The maximum Gasteiger partial charge on any atom is 0.0594 e. The van der Waals surface area contributed by atoms with E-state index < -0.39 is 0 Å². The van der Waals surface area contributed by atoms with Crippen molar-refractivity contribution in [1.82, 2.24) is 4.90 Å². The van der Waals surface area contributed by atoms with Gasteiger partial charge < -0.3 is 4.74 Å². The van der Waals surface area contributed by atoms with E-state index in [0.29, 0.717) is 0 Å². The summed E-state index contributed by atoms with van der Waals surface area (Å²) in [6.07, 6.45) is 4.51. The fourth-order valence-corrected chi connectivity index (χ4v) is 2.56. The molecule has 0 atom stereocenters. The second-order valence-electron chi connectivity index (χ2n) is 3.82. The highest BCUT2D eigenvalue weighted by Crippen LogP contribution is 2.24. The van der Waals surface area contributed by atoms with Crippen LogP contribution in [0.3, 0.4) is 0 Å². The number of ether oxygens (including phenoxy) is 1. The minimum absolute atomic E-state index is 0.896. The van der Waals surface area contributed by atoms with Gasteiger partial charge in [-0.3, -0.25) is 4.90 Å². The van der Waals surface area contributed by atoms with E-state index in [1.807, 2.05) is 11.8 Å². The number of thioether (sulfide) groups is 1. The van der Waals surface area contributed by atoms with Gasteiger partial charge in [0.25, 0.3) is 0 Å². The monoisotopic (exact) mass is 211 g/mol. The second-order valence-corrected chi connectivity index (χ2v) is 4.92. The number of rotatable bonds is 2. The first-order valence-corrected chi connectivity index (χ1v) is 6.12. The van der Waals surface area contributed by atoms with Crippen molar-refractivity contribution in [1.29, 1.82) is 0 Å². The third kappa shape index (κ3) is 2.87. The van der Waals surface area contributed by atoms with Crippen molar-refractivity contribution in [3.05, 3.63) is 22.6 Å². The van der Waals surface area contributed by atoms with Crippen molar-refractivity contribution in [3.63, 3.8) is 0 Å². The van der Waals surface area contributed by atoms with Crippen molar-refractivity contribution in [3.8, 4) is 0 Å². The molecule has 0 aromatic rings. The third-order valence-electron chi connectivity index (χ3n) is 2.52. The van der Waals surface area contributed by atoms with Crippen LogP contribution in [0.1, 0.15) is 6.92 Å². The lowest BCUT2D eigenvalue weighted by atomic mass is 10.3. The summed E-state index contributed by atoms with van der Waals surface area (Å²) < 4.78 is 5.33. The SMILES string of the molecule is CC1=CC=C(CN2CCOCC2)SC1. The summed E-state index contributed by atoms with van der Waals surface area (Å²) in [5.41, 5.74) is 1.47. The number of nitrogens with zero attached hydrogens (tertiary/aromatic N) is 1. The molecule has 0 unspecified atom stereocenters. The summed E-state index contributed by atoms with van der Waals surface area (Å²) in [6.45, 7) is 7.26. The molecule has 3 heteroatoms. The van der Waals surface area contributed by atoms with Crippen LogP contribution in [-0.2, 0) is 4.74 Å². The van der Waals surface area contributed by atoms with Gasteiger partial charge in [-0.25, -0.2) is 0 Å². The summed E-state index contributed by atoms with van der Waals surface area (Å²) in [5, 5.41) is 0. The van der Waals surface area contributed by atoms with Crippen LogP contribution in [-0.4, -0.2) is 43.5 Å². The van der Waals surface area contributed by atoms with Gasteiger partial charge in [0.2, 0.25) is 0 Å². The summed E-state index contributed by atoms with van der Waals surface area (Å²) in [7, 11) is 0. The van der Waals surface area contributed by atoms with Gasteiger partial charge in [-0.2, -0.15) is 0 Å². The molecule has 14 heavy (non-hydrogen) atoms. The third-order valence-corrected chi connectivity index (χ3v) is 3.76. The molecular weight excluding hydrogens is 194 g/mol. The molecule has 0 aromatic carbocycles. The van der Waals surface area contributed by atoms with Gasteiger partial charge in [0.1, 0.15) is 0 Å². The average Bonchev–Trinajstić information content (AvgIpc) is 2.23. The lowest BCUT2D eigenvalue weighted by Gasteiger charge is -2.27. The van der Waals surface area contributed by atoms with Gasteiger partial charge >= 0.3 is 0 Å². The molecular formula is C11H17NOS. The van der Waals surface area contributed by atoms with Crippen molar-refractivity contribution in [2.24, 2.45) is 0 Å². The number of hydrogen-bond acceptors (Lipinski definition) is 3. The van der Waals surface area contributed by atoms with E-state index in [-0.39, 0.29) is 0 Å². The van der Waals surface area contributed by atoms with Gasteiger partial charge in [-0.05, 0) is 11.8 Å². The predicted octanol–water partition coefficient (Wildman–Crippen LogP) is 1.90. The molecule has 78 valence electrons. The van der Waals surface area contributed by atoms with E-state index in [0.717, 1.165) is 38.6 Å². The van der Waals surface area contributed by atoms with E-state index in [1.165, 1.54) is 10.5 Å². The average molecular weight is 211 g/mol. The Labute approximate surface area is 90.0 Å². The van der Waals surface area contributed by atoms with E-state index in [4.69, 9.17) is 4.74 Å². The maximum absolute atomic E-state index is 5.33. The molecule has 0 amide bonds. The molecule has 2 nitrogen and oxygen atoms in total. The molecule has 0 bridgehead atoms. The Balaban J connectivity index is 1.84. The van der Waals surface area contributed by atoms with Crippen LogP contribution in [0.2, 0.25) is 0 Å². The van der Waals surface area contributed by atoms with Crippen molar-refractivity contribution >= 4 is 11.8 Å². The van der Waals surface area contributed by atoms with Gasteiger partial charge in [-0.15, -0.1) is 11.8 Å². The van der Waals surface area contributed by atoms with Crippen molar-refractivity contribution in [2.45, 2.75) is 6.92 Å². The fraction of sp³-hybridized carbons (Fsp3) is 0.636. The summed E-state index contributed by atoms with van der Waals surface area (Å²) in [4.78, 5) is 3.97. The van der Waals surface area contributed by atoms with Gasteiger partial charge in [0, 0.05) is 25.4 Å². The minimum atomic E-state index is 0.896. The van der Waals surface area contributed by atoms with Gasteiger partial charge in [-0.1, -0.05) is 17.7 Å². The Hall–Kier alpha value is -0.250. The van der Waals surface area contributed by atoms with Crippen LogP contribution in [0, 0.1) is 0 Å². The summed E-state index contributed by atoms with van der Waals surface area (Å²) in [5.74, 6) is 1.16. The Kier molecular flexibility index (Phi) is 3.67. The zero-order valence-electron chi connectivity index (χ0n) is 8.66. The summed E-state index contributed by atoms with van der Waals surface area (Å²) in [6, 6.07) is 0. The molecule has 0 N–H and O–H groups in total. The molecule has 2 aliphatic heterocycles. The first-order chi connectivity index (χ1) is 6.84. The molecule has 2 rings (SSSR count). The number of allylic oxidation sites excluding steroid dienone is 2. The maximum atomic E-state index is 5.33. The van der Waals surface area contributed by atoms with Crippen molar-refractivity contribution in [2.75, 3.05) is 38.6 Å². The first-order valence-electron chi connectivity index (χ1n) is 5.14. The Morgan fingerprint density at radius 3 is 2.79 bits per heavy atom. The Morgan fingerprint density at radius 1 is 1.36 bits per heavy atom. The number of morpholine rings is 1. The molecule has 1 fully saturated rings. The highest BCUT2D eigenvalue weighted by Gasteiger charge is 2.13. The highest BCUT2D eigenvalue weighted by molar-refractivity contribution is 8.03. The van der Waals surface area contributed by atoms with Crippen LogP contribution in [0.5, 0.6) is 0 Å². The van der Waals surface area contributed by atoms with E-state index in [2.05, 4.69) is 24.0 Å². The molecule has 0 saturated carbocycles. The molecule has 2 aliphatic rings. The Bertz CT molecular complexity index is 254. The molecule has 0 spiro atoms. The van der Waals surface area contributed by atoms with Crippen LogP contribution in [0.25, 0.3) is 0 Å². The topological polar surface area (TPSA) is 12.5 Å². The Morgan fingerprint density at radius 2 is 2.14 bits per heavy atom. The zero-order chi connectivity index (χ0) is 9.80. The highest BCUT2D eigenvalue weighted by atomic mass is 32.2. The van der Waals surface area contributed by atoms with Crippen LogP contribution in [0.15, 0.2) is 22.6 Å². The van der Waals surface area contributed by atoms with Gasteiger partial charge in [0.15, 0.2) is 0 Å². The fourth-order valence-electron chi connectivity index (χ4n) is 1.62. The van der Waals surface area contributed by atoms with Crippen LogP contribution in [0.4, 0.5) is 0 Å². The largest absolute Gasteiger partial charge is 0.379 e. The van der Waals surface area contributed by atoms with Crippen LogP contribution < -0.4 is 0 Å². The zero-order valence-corrected chi connectivity index (χ0v) is 9.48. The van der Waals surface area contributed by atoms with E-state index in [9.17, 15) is 0 Å². The quantitative estimate of drug-likeness (QED) is 0.692. The first kappa shape index (κ1) is 10.3. The second kappa shape index (κ2) is 5.01. The van der Waals surface area contributed by atoms with E-state index >= 15 is 0 Å². The minimum Gasteiger partial charge on any atom is -0.379 e. The standard InChI is InChI=1S/C11H17NOS/c1-10-2-3-11(14-9-10)8-12-4-6-13-7-5-12/h2-3H,4-9H2,1H3. The molecule has 0 radical (unpaired) electrons. The smallest absolute Gasteiger partial charge is 0.0594 e. The van der Waals surface area contributed by atoms with E-state index in [1.54, 1.807) is 0 Å². The predicted molar refractivity (Wildman–Crippen MR) is 61.6 cm³/mol. The molecule has 0 aliphatic carbocycles. The lowest BCUT2D eigenvalue weighted by molar-refractivity contribution is 0.0431. The number of hydrogen-bond donors (Lipinski definition) is 0. The molecule has 2 heterocycles. The molecule has 0 aromatic heterocycles. The van der Waals surface area contributed by atoms with Gasteiger partial charge in [0.05, 0.1) is 13.2 Å². The van der Waals surface area contributed by atoms with Crippen molar-refractivity contribution < 1.29 is 4.74 Å². The summed E-state index contributed by atoms with van der Waals surface area (Å²) >= 11 is 1.98. The molecule has 1 saturated heterocycles.